The summed E-state index contributed by atoms with van der Waals surface area (Å²) in [6.07, 6.45) is 1.75. The lowest BCUT2D eigenvalue weighted by Crippen LogP contribution is -1.99. The molecule has 0 amide bonds. The number of non-ortho nitro benzene ring substituents is 1. The van der Waals surface area contributed by atoms with Crippen LogP contribution in [0.4, 0.5) is 11.5 Å². The highest BCUT2D eigenvalue weighted by atomic mass is 32.1. The molecule has 114 valence electrons. The molecule has 0 saturated heterocycles. The van der Waals surface area contributed by atoms with Crippen LogP contribution in [0, 0.1) is 28.4 Å². The first-order chi connectivity index (χ1) is 11.0. The molecule has 0 aliphatic heterocycles. The predicted molar refractivity (Wildman–Crippen MR) is 87.4 cm³/mol. The SMILES string of the molecule is Cc1cn(-c2nc(-c3cccc([N+](=O)[O-])c3)cs2)c(N)c1C#N. The van der Waals surface area contributed by atoms with Gasteiger partial charge in [0, 0.05) is 29.3 Å². The second-order valence-corrected chi connectivity index (χ2v) is 5.71. The first kappa shape index (κ1) is 14.7. The van der Waals surface area contributed by atoms with Crippen LogP contribution in [0.5, 0.6) is 0 Å². The van der Waals surface area contributed by atoms with E-state index in [0.717, 1.165) is 5.56 Å². The number of nitrogens with two attached hydrogens (primary N) is 1. The van der Waals surface area contributed by atoms with Crippen LogP contribution in [-0.2, 0) is 0 Å². The molecule has 2 aromatic heterocycles. The molecule has 0 atom stereocenters. The molecule has 2 heterocycles. The van der Waals surface area contributed by atoms with E-state index >= 15 is 0 Å². The summed E-state index contributed by atoms with van der Waals surface area (Å²) in [5.41, 5.74) is 8.47. The number of nitrogens with zero attached hydrogens (tertiary/aromatic N) is 4. The van der Waals surface area contributed by atoms with E-state index < -0.39 is 4.92 Å². The molecular formula is C15H11N5O2S. The van der Waals surface area contributed by atoms with Crippen molar-refractivity contribution in [3.8, 4) is 22.5 Å². The van der Waals surface area contributed by atoms with Crippen molar-refractivity contribution >= 4 is 22.8 Å². The Kier molecular flexibility index (Phi) is 3.56. The number of rotatable bonds is 3. The van der Waals surface area contributed by atoms with Crippen molar-refractivity contribution in [2.75, 3.05) is 5.73 Å². The van der Waals surface area contributed by atoms with E-state index in [1.165, 1.54) is 23.5 Å². The third-order valence-corrected chi connectivity index (χ3v) is 4.24. The molecule has 0 unspecified atom stereocenters. The number of nitro benzene ring substituents is 1. The predicted octanol–water partition coefficient (Wildman–Crippen LogP) is 3.27. The second-order valence-electron chi connectivity index (χ2n) is 4.88. The van der Waals surface area contributed by atoms with Gasteiger partial charge in [-0.2, -0.15) is 5.26 Å². The zero-order valence-corrected chi connectivity index (χ0v) is 12.9. The summed E-state index contributed by atoms with van der Waals surface area (Å²) >= 11 is 1.35. The van der Waals surface area contributed by atoms with Gasteiger partial charge >= 0.3 is 0 Å². The molecule has 8 heteroatoms. The Balaban J connectivity index is 2.03. The van der Waals surface area contributed by atoms with Crippen LogP contribution >= 0.6 is 11.3 Å². The molecule has 3 aromatic rings. The molecule has 23 heavy (non-hydrogen) atoms. The van der Waals surface area contributed by atoms with E-state index in [0.29, 0.717) is 27.8 Å². The van der Waals surface area contributed by atoms with Crippen molar-refractivity contribution in [1.29, 1.82) is 5.26 Å². The largest absolute Gasteiger partial charge is 0.384 e. The van der Waals surface area contributed by atoms with E-state index in [2.05, 4.69) is 11.1 Å². The van der Waals surface area contributed by atoms with Crippen LogP contribution < -0.4 is 5.73 Å². The Morgan fingerprint density at radius 1 is 1.48 bits per heavy atom. The van der Waals surface area contributed by atoms with Crippen LogP contribution in [-0.4, -0.2) is 14.5 Å². The van der Waals surface area contributed by atoms with Gasteiger partial charge < -0.3 is 5.73 Å². The molecule has 1 aromatic carbocycles. The fourth-order valence-corrected chi connectivity index (χ4v) is 3.06. The number of nitrogen functional groups attached to an aromatic ring is 1. The minimum Gasteiger partial charge on any atom is -0.384 e. The smallest absolute Gasteiger partial charge is 0.270 e. The van der Waals surface area contributed by atoms with E-state index in [-0.39, 0.29) is 5.69 Å². The molecule has 3 rings (SSSR count). The van der Waals surface area contributed by atoms with Gasteiger partial charge in [-0.25, -0.2) is 4.98 Å². The Hall–Kier alpha value is -3.18. The van der Waals surface area contributed by atoms with Gasteiger partial charge in [0.25, 0.3) is 5.69 Å². The number of benzene rings is 1. The number of nitriles is 1. The van der Waals surface area contributed by atoms with Gasteiger partial charge in [-0.1, -0.05) is 12.1 Å². The number of anilines is 1. The van der Waals surface area contributed by atoms with Crippen LogP contribution in [0.3, 0.4) is 0 Å². The van der Waals surface area contributed by atoms with E-state index in [1.54, 1.807) is 35.2 Å². The van der Waals surface area contributed by atoms with E-state index in [9.17, 15) is 10.1 Å². The molecule has 0 fully saturated rings. The van der Waals surface area contributed by atoms with Crippen LogP contribution in [0.2, 0.25) is 0 Å². The average molecular weight is 325 g/mol. The van der Waals surface area contributed by atoms with E-state index in [1.807, 2.05) is 0 Å². The molecule has 0 bridgehead atoms. The number of hydrogen-bond acceptors (Lipinski definition) is 6. The number of thiazole rings is 1. The summed E-state index contributed by atoms with van der Waals surface area (Å²) in [7, 11) is 0. The number of hydrogen-bond donors (Lipinski definition) is 1. The minimum atomic E-state index is -0.441. The molecule has 0 saturated carbocycles. The highest BCUT2D eigenvalue weighted by molar-refractivity contribution is 7.12. The van der Waals surface area contributed by atoms with Gasteiger partial charge in [-0.15, -0.1) is 11.3 Å². The van der Waals surface area contributed by atoms with Crippen molar-refractivity contribution in [2.24, 2.45) is 0 Å². The summed E-state index contributed by atoms with van der Waals surface area (Å²) in [4.78, 5) is 14.9. The van der Waals surface area contributed by atoms with Gasteiger partial charge in [-0.3, -0.25) is 14.7 Å². The maximum atomic E-state index is 10.9. The molecule has 0 radical (unpaired) electrons. The highest BCUT2D eigenvalue weighted by Crippen LogP contribution is 2.29. The van der Waals surface area contributed by atoms with Crippen molar-refractivity contribution in [1.82, 2.24) is 9.55 Å². The van der Waals surface area contributed by atoms with Crippen LogP contribution in [0.15, 0.2) is 35.8 Å². The zero-order valence-electron chi connectivity index (χ0n) is 12.1. The van der Waals surface area contributed by atoms with Gasteiger partial charge in [0.05, 0.1) is 16.2 Å². The maximum Gasteiger partial charge on any atom is 0.270 e. The van der Waals surface area contributed by atoms with E-state index in [4.69, 9.17) is 11.0 Å². The highest BCUT2D eigenvalue weighted by Gasteiger charge is 2.15. The molecule has 7 nitrogen and oxygen atoms in total. The number of nitro groups is 1. The molecule has 0 aliphatic rings. The maximum absolute atomic E-state index is 10.9. The average Bonchev–Trinajstić information content (AvgIpc) is 3.12. The van der Waals surface area contributed by atoms with Crippen molar-refractivity contribution in [3.63, 3.8) is 0 Å². The second kappa shape index (κ2) is 5.55. The molecule has 0 spiro atoms. The zero-order chi connectivity index (χ0) is 16.6. The summed E-state index contributed by atoms with van der Waals surface area (Å²) in [6, 6.07) is 8.36. The quantitative estimate of drug-likeness (QED) is 0.587. The van der Waals surface area contributed by atoms with Gasteiger partial charge in [0.15, 0.2) is 5.13 Å². The summed E-state index contributed by atoms with van der Waals surface area (Å²) in [6.45, 7) is 1.81. The summed E-state index contributed by atoms with van der Waals surface area (Å²) in [5, 5.41) is 22.4. The molecule has 0 aliphatic carbocycles. The Bertz CT molecular complexity index is 951. The van der Waals surface area contributed by atoms with Crippen LogP contribution in [0.1, 0.15) is 11.1 Å². The fourth-order valence-electron chi connectivity index (χ4n) is 2.24. The van der Waals surface area contributed by atoms with Crippen molar-refractivity contribution in [3.05, 3.63) is 57.1 Å². The first-order valence-corrected chi connectivity index (χ1v) is 7.47. The first-order valence-electron chi connectivity index (χ1n) is 6.59. The van der Waals surface area contributed by atoms with Crippen LogP contribution in [0.25, 0.3) is 16.4 Å². The third-order valence-electron chi connectivity index (χ3n) is 3.40. The van der Waals surface area contributed by atoms with Crippen molar-refractivity contribution in [2.45, 2.75) is 6.92 Å². The Morgan fingerprint density at radius 2 is 2.26 bits per heavy atom. The normalized spacial score (nSPS) is 10.4. The van der Waals surface area contributed by atoms with Gasteiger partial charge in [0.2, 0.25) is 0 Å². The third kappa shape index (κ3) is 2.54. The number of aryl methyl sites for hydroxylation is 1. The van der Waals surface area contributed by atoms with Crippen molar-refractivity contribution < 1.29 is 4.92 Å². The fraction of sp³-hybridized carbons (Fsp3) is 0.0667. The standard InChI is InChI=1S/C15H11N5O2S/c1-9-7-19(14(17)12(9)6-16)15-18-13(8-23-15)10-3-2-4-11(5-10)20(21)22/h2-5,7-8H,17H2,1H3. The lowest BCUT2D eigenvalue weighted by atomic mass is 10.1. The minimum absolute atomic E-state index is 0.0140. The summed E-state index contributed by atoms with van der Waals surface area (Å²) < 4.78 is 1.65. The van der Waals surface area contributed by atoms with Gasteiger partial charge in [0.1, 0.15) is 11.9 Å². The Labute approximate surface area is 135 Å². The lowest BCUT2D eigenvalue weighted by Gasteiger charge is -2.00. The lowest BCUT2D eigenvalue weighted by molar-refractivity contribution is -0.384. The Morgan fingerprint density at radius 3 is 2.91 bits per heavy atom. The number of aromatic nitrogens is 2. The molecule has 2 N–H and O–H groups in total. The summed E-state index contributed by atoms with van der Waals surface area (Å²) in [5.74, 6) is 0.338. The monoisotopic (exact) mass is 325 g/mol. The van der Waals surface area contributed by atoms with Gasteiger partial charge in [-0.05, 0) is 12.5 Å². The topological polar surface area (TPSA) is 111 Å². The molecular weight excluding hydrogens is 314 g/mol.